The van der Waals surface area contributed by atoms with E-state index >= 15 is 0 Å². The minimum absolute atomic E-state index is 0.0713. The fraction of sp³-hybridized carbons (Fsp3) is 0.733. The van der Waals surface area contributed by atoms with Crippen molar-refractivity contribution in [2.24, 2.45) is 5.41 Å². The molecule has 2 heterocycles. The third-order valence-electron chi connectivity index (χ3n) is 3.96. The van der Waals surface area contributed by atoms with Crippen LogP contribution in [0.5, 0.6) is 0 Å². The number of rotatable bonds is 5. The maximum Gasteiger partial charge on any atom is 0.244 e. The van der Waals surface area contributed by atoms with Crippen LogP contribution in [-0.4, -0.2) is 32.4 Å². The van der Waals surface area contributed by atoms with Gasteiger partial charge in [0.05, 0.1) is 4.90 Å². The van der Waals surface area contributed by atoms with E-state index < -0.39 is 10.0 Å². The Morgan fingerprint density at radius 2 is 2.14 bits per heavy atom. The third kappa shape index (κ3) is 3.86. The Bertz CT molecular complexity index is 591. The van der Waals surface area contributed by atoms with Crippen LogP contribution in [0.2, 0.25) is 0 Å². The van der Waals surface area contributed by atoms with Gasteiger partial charge in [-0.2, -0.15) is 4.31 Å². The third-order valence-corrected chi connectivity index (χ3v) is 7.11. The van der Waals surface area contributed by atoms with Gasteiger partial charge in [0, 0.05) is 29.4 Å². The SMILES string of the molecule is CCNCc1cc(S(=O)(=O)N2CCCC(C)(C)C2)c(C)s1. The summed E-state index contributed by atoms with van der Waals surface area (Å²) in [7, 11) is -3.35. The van der Waals surface area contributed by atoms with Crippen molar-refractivity contribution in [3.63, 3.8) is 0 Å². The highest BCUT2D eigenvalue weighted by atomic mass is 32.2. The van der Waals surface area contributed by atoms with E-state index in [2.05, 4.69) is 19.2 Å². The summed E-state index contributed by atoms with van der Waals surface area (Å²) in [5, 5.41) is 3.25. The van der Waals surface area contributed by atoms with Gasteiger partial charge in [0.25, 0.3) is 0 Å². The van der Waals surface area contributed by atoms with Crippen LogP contribution in [0.15, 0.2) is 11.0 Å². The van der Waals surface area contributed by atoms with E-state index in [1.54, 1.807) is 15.6 Å². The standard InChI is InChI=1S/C15H26N2O2S2/c1-5-16-10-13-9-14(12(2)20-13)21(18,19)17-8-6-7-15(3,4)11-17/h9,16H,5-8,10-11H2,1-4H3. The number of hydrogen-bond donors (Lipinski definition) is 1. The average molecular weight is 331 g/mol. The van der Waals surface area contributed by atoms with Crippen molar-refractivity contribution in [3.05, 3.63) is 15.8 Å². The molecule has 2 rings (SSSR count). The molecule has 0 aromatic carbocycles. The molecule has 120 valence electrons. The molecular weight excluding hydrogens is 304 g/mol. The number of aryl methyl sites for hydroxylation is 1. The summed E-state index contributed by atoms with van der Waals surface area (Å²) in [6.07, 6.45) is 2.03. The van der Waals surface area contributed by atoms with Crippen LogP contribution in [0.3, 0.4) is 0 Å². The molecule has 0 saturated carbocycles. The lowest BCUT2D eigenvalue weighted by molar-refractivity contribution is 0.187. The van der Waals surface area contributed by atoms with E-state index in [1.807, 2.05) is 19.9 Å². The number of piperidine rings is 1. The molecule has 21 heavy (non-hydrogen) atoms. The maximum absolute atomic E-state index is 12.9. The van der Waals surface area contributed by atoms with Crippen LogP contribution >= 0.6 is 11.3 Å². The molecule has 4 nitrogen and oxygen atoms in total. The zero-order valence-electron chi connectivity index (χ0n) is 13.4. The smallest absolute Gasteiger partial charge is 0.244 e. The zero-order chi connectivity index (χ0) is 15.7. The fourth-order valence-electron chi connectivity index (χ4n) is 2.83. The predicted molar refractivity (Wildman–Crippen MR) is 88.2 cm³/mol. The zero-order valence-corrected chi connectivity index (χ0v) is 15.0. The van der Waals surface area contributed by atoms with Crippen LogP contribution in [0, 0.1) is 12.3 Å². The van der Waals surface area contributed by atoms with Gasteiger partial charge in [0.2, 0.25) is 10.0 Å². The number of nitrogens with zero attached hydrogens (tertiary/aromatic N) is 1. The van der Waals surface area contributed by atoms with Gasteiger partial charge in [-0.1, -0.05) is 20.8 Å². The molecule has 1 fully saturated rings. The maximum atomic E-state index is 12.9. The molecule has 1 aliphatic heterocycles. The van der Waals surface area contributed by atoms with E-state index in [4.69, 9.17) is 0 Å². The van der Waals surface area contributed by atoms with Crippen LogP contribution in [0.25, 0.3) is 0 Å². The number of sulfonamides is 1. The number of thiophene rings is 1. The lowest BCUT2D eigenvalue weighted by Crippen LogP contribution is -2.43. The van der Waals surface area contributed by atoms with Crippen molar-refractivity contribution in [2.45, 2.75) is 52.0 Å². The highest BCUT2D eigenvalue weighted by molar-refractivity contribution is 7.89. The minimum Gasteiger partial charge on any atom is -0.312 e. The summed E-state index contributed by atoms with van der Waals surface area (Å²) in [5.41, 5.74) is 0.0713. The Hall–Kier alpha value is -0.430. The van der Waals surface area contributed by atoms with Gasteiger partial charge < -0.3 is 5.32 Å². The van der Waals surface area contributed by atoms with Crippen molar-refractivity contribution in [3.8, 4) is 0 Å². The van der Waals surface area contributed by atoms with E-state index in [0.29, 0.717) is 18.0 Å². The Morgan fingerprint density at radius 1 is 1.43 bits per heavy atom. The van der Waals surface area contributed by atoms with E-state index in [1.165, 1.54) is 0 Å². The lowest BCUT2D eigenvalue weighted by Gasteiger charge is -2.37. The molecule has 1 saturated heterocycles. The van der Waals surface area contributed by atoms with Gasteiger partial charge in [0.15, 0.2) is 0 Å². The minimum atomic E-state index is -3.35. The monoisotopic (exact) mass is 330 g/mol. The van der Waals surface area contributed by atoms with E-state index in [9.17, 15) is 8.42 Å². The molecule has 0 aliphatic carbocycles. The molecule has 1 aromatic rings. The Morgan fingerprint density at radius 3 is 2.76 bits per heavy atom. The van der Waals surface area contributed by atoms with Crippen molar-refractivity contribution in [2.75, 3.05) is 19.6 Å². The molecule has 1 aliphatic rings. The van der Waals surface area contributed by atoms with Crippen molar-refractivity contribution < 1.29 is 8.42 Å². The number of nitrogens with one attached hydrogen (secondary N) is 1. The van der Waals surface area contributed by atoms with Gasteiger partial charge in [0.1, 0.15) is 0 Å². The van der Waals surface area contributed by atoms with Crippen LogP contribution < -0.4 is 5.32 Å². The van der Waals surface area contributed by atoms with Crippen molar-refractivity contribution >= 4 is 21.4 Å². The Balaban J connectivity index is 2.25. The first kappa shape index (κ1) is 16.9. The van der Waals surface area contributed by atoms with E-state index in [-0.39, 0.29) is 5.41 Å². The molecule has 0 spiro atoms. The molecule has 0 radical (unpaired) electrons. The van der Waals surface area contributed by atoms with Gasteiger partial charge >= 0.3 is 0 Å². The molecule has 1 aromatic heterocycles. The quantitative estimate of drug-likeness (QED) is 0.903. The van der Waals surface area contributed by atoms with Gasteiger partial charge in [-0.3, -0.25) is 0 Å². The summed E-state index contributed by atoms with van der Waals surface area (Å²) in [6, 6.07) is 1.85. The van der Waals surface area contributed by atoms with Crippen molar-refractivity contribution in [1.29, 1.82) is 0 Å². The first-order valence-electron chi connectivity index (χ1n) is 7.56. The van der Waals surface area contributed by atoms with Crippen LogP contribution in [-0.2, 0) is 16.6 Å². The summed E-state index contributed by atoms with van der Waals surface area (Å²) in [4.78, 5) is 2.48. The Kier molecular flexibility index (Phi) is 5.13. The molecule has 0 atom stereocenters. The highest BCUT2D eigenvalue weighted by Crippen LogP contribution is 2.34. The summed E-state index contributed by atoms with van der Waals surface area (Å²) >= 11 is 1.58. The van der Waals surface area contributed by atoms with Gasteiger partial charge in [-0.05, 0) is 37.8 Å². The topological polar surface area (TPSA) is 49.4 Å². The van der Waals surface area contributed by atoms with E-state index in [0.717, 1.165) is 35.7 Å². The van der Waals surface area contributed by atoms with Gasteiger partial charge in [-0.15, -0.1) is 11.3 Å². The van der Waals surface area contributed by atoms with Crippen molar-refractivity contribution in [1.82, 2.24) is 9.62 Å². The second-order valence-corrected chi connectivity index (χ2v) is 9.77. The first-order chi connectivity index (χ1) is 9.76. The first-order valence-corrected chi connectivity index (χ1v) is 9.82. The Labute approximate surface area is 132 Å². The largest absolute Gasteiger partial charge is 0.312 e. The summed E-state index contributed by atoms with van der Waals surface area (Å²) in [6.45, 7) is 11.1. The molecule has 6 heteroatoms. The second-order valence-electron chi connectivity index (χ2n) is 6.52. The predicted octanol–water partition coefficient (Wildman–Crippen LogP) is 2.98. The second kappa shape index (κ2) is 6.36. The van der Waals surface area contributed by atoms with Crippen LogP contribution in [0.4, 0.5) is 0 Å². The van der Waals surface area contributed by atoms with Crippen LogP contribution in [0.1, 0.15) is 43.4 Å². The lowest BCUT2D eigenvalue weighted by atomic mass is 9.85. The molecular formula is C15H26N2O2S2. The average Bonchev–Trinajstić information content (AvgIpc) is 2.77. The highest BCUT2D eigenvalue weighted by Gasteiger charge is 2.35. The fourth-order valence-corrected chi connectivity index (χ4v) is 6.07. The number of hydrogen-bond acceptors (Lipinski definition) is 4. The molecule has 1 N–H and O–H groups in total. The molecule has 0 bridgehead atoms. The van der Waals surface area contributed by atoms with Gasteiger partial charge in [-0.25, -0.2) is 8.42 Å². The molecule has 0 unspecified atom stereocenters. The normalized spacial score (nSPS) is 19.8. The summed E-state index contributed by atoms with van der Waals surface area (Å²) in [5.74, 6) is 0. The molecule has 0 amide bonds. The summed E-state index contributed by atoms with van der Waals surface area (Å²) < 4.78 is 27.5.